The highest BCUT2D eigenvalue weighted by Crippen LogP contribution is 2.28. The van der Waals surface area contributed by atoms with Crippen molar-refractivity contribution >= 4 is 21.8 Å². The molecule has 1 atom stereocenters. The molecule has 0 bridgehead atoms. The van der Waals surface area contributed by atoms with Gasteiger partial charge in [-0.25, -0.2) is 9.37 Å². The minimum absolute atomic E-state index is 0.158. The molecular weight excluding hydrogens is 447 g/mol. The predicted octanol–water partition coefficient (Wildman–Crippen LogP) is 5.68. The van der Waals surface area contributed by atoms with E-state index in [2.05, 4.69) is 32.2 Å². The summed E-state index contributed by atoms with van der Waals surface area (Å²) in [6.45, 7) is 3.65. The maximum atomic E-state index is 14.7. The topological polar surface area (TPSA) is 51.2 Å². The Bertz CT molecular complexity index is 1120. The van der Waals surface area contributed by atoms with E-state index < -0.39 is 12.1 Å². The minimum Gasteiger partial charge on any atom is -0.455 e. The number of nitrogens with one attached hydrogen (secondary N) is 1. The summed E-state index contributed by atoms with van der Waals surface area (Å²) in [4.78, 5) is 16.9. The van der Waals surface area contributed by atoms with Crippen molar-refractivity contribution in [1.82, 2.24) is 10.3 Å². The molecule has 3 aromatic rings. The first kappa shape index (κ1) is 21.5. The number of amides is 1. The zero-order valence-electron chi connectivity index (χ0n) is 16.6. The molecule has 1 heterocycles. The van der Waals surface area contributed by atoms with E-state index in [4.69, 9.17) is 11.2 Å². The smallest absolute Gasteiger partial charge is 0.255 e. The molecule has 0 saturated carbocycles. The van der Waals surface area contributed by atoms with Crippen molar-refractivity contribution in [3.63, 3.8) is 0 Å². The van der Waals surface area contributed by atoms with Gasteiger partial charge in [-0.2, -0.15) is 0 Å². The lowest BCUT2D eigenvalue weighted by atomic mass is 10.0. The van der Waals surface area contributed by atoms with Crippen LogP contribution in [0, 0.1) is 26.2 Å². The van der Waals surface area contributed by atoms with E-state index in [-0.39, 0.29) is 17.9 Å². The van der Waals surface area contributed by atoms with Gasteiger partial charge in [0.15, 0.2) is 5.75 Å². The van der Waals surface area contributed by atoms with Gasteiger partial charge in [0.25, 0.3) is 5.91 Å². The largest absolute Gasteiger partial charge is 0.455 e. The maximum absolute atomic E-state index is 14.7. The molecule has 0 aliphatic rings. The van der Waals surface area contributed by atoms with Gasteiger partial charge in [-0.3, -0.25) is 4.79 Å². The van der Waals surface area contributed by atoms with E-state index in [1.54, 1.807) is 30.3 Å². The number of terminal acetylenes is 1. The molecule has 0 radical (unpaired) electrons. The van der Waals surface area contributed by atoms with Crippen LogP contribution in [-0.4, -0.2) is 17.4 Å². The SMILES string of the molecule is C#Cc1cccc(Oc2cnc(Br)cc2C(=O)NCC(F)c2ccc(C)cc2C)c1. The Morgan fingerprint density at radius 1 is 1.27 bits per heavy atom. The van der Waals surface area contributed by atoms with Gasteiger partial charge in [-0.05, 0) is 65.2 Å². The third-order valence-electron chi connectivity index (χ3n) is 4.51. The quantitative estimate of drug-likeness (QED) is 0.375. The number of benzene rings is 2. The summed E-state index contributed by atoms with van der Waals surface area (Å²) >= 11 is 3.26. The van der Waals surface area contributed by atoms with Crippen LogP contribution in [0.25, 0.3) is 0 Å². The highest BCUT2D eigenvalue weighted by atomic mass is 79.9. The monoisotopic (exact) mass is 466 g/mol. The van der Waals surface area contributed by atoms with Gasteiger partial charge in [0.05, 0.1) is 18.3 Å². The van der Waals surface area contributed by atoms with Crippen molar-refractivity contribution in [3.05, 3.63) is 87.1 Å². The van der Waals surface area contributed by atoms with Crippen LogP contribution in [0.3, 0.4) is 0 Å². The number of hydrogen-bond acceptors (Lipinski definition) is 3. The Morgan fingerprint density at radius 3 is 2.80 bits per heavy atom. The first-order valence-electron chi connectivity index (χ1n) is 9.27. The van der Waals surface area contributed by atoms with E-state index >= 15 is 0 Å². The fraction of sp³-hybridized carbons (Fsp3) is 0.167. The summed E-state index contributed by atoms with van der Waals surface area (Å²) in [5.74, 6) is 2.78. The first-order valence-corrected chi connectivity index (χ1v) is 10.1. The Balaban J connectivity index is 1.76. The van der Waals surface area contributed by atoms with Crippen LogP contribution < -0.4 is 10.1 Å². The first-order chi connectivity index (χ1) is 14.4. The van der Waals surface area contributed by atoms with E-state index in [9.17, 15) is 9.18 Å². The third-order valence-corrected chi connectivity index (χ3v) is 4.95. The molecule has 1 unspecified atom stereocenters. The molecule has 0 aliphatic heterocycles. The Hall–Kier alpha value is -3.17. The highest BCUT2D eigenvalue weighted by Gasteiger charge is 2.18. The fourth-order valence-electron chi connectivity index (χ4n) is 3.02. The van der Waals surface area contributed by atoms with Crippen LogP contribution in [0.15, 0.2) is 59.3 Å². The Kier molecular flexibility index (Phi) is 6.86. The van der Waals surface area contributed by atoms with E-state index in [1.165, 1.54) is 12.3 Å². The fourth-order valence-corrected chi connectivity index (χ4v) is 3.35. The second-order valence-electron chi connectivity index (χ2n) is 6.82. The summed E-state index contributed by atoms with van der Waals surface area (Å²) < 4.78 is 21.0. The van der Waals surface area contributed by atoms with E-state index in [0.717, 1.165) is 11.1 Å². The predicted molar refractivity (Wildman–Crippen MR) is 118 cm³/mol. The van der Waals surface area contributed by atoms with Crippen molar-refractivity contribution in [1.29, 1.82) is 0 Å². The molecule has 0 spiro atoms. The highest BCUT2D eigenvalue weighted by molar-refractivity contribution is 9.10. The second-order valence-corrected chi connectivity index (χ2v) is 7.63. The van der Waals surface area contributed by atoms with Gasteiger partial charge >= 0.3 is 0 Å². The van der Waals surface area contributed by atoms with Crippen LogP contribution in [0.1, 0.15) is 38.8 Å². The van der Waals surface area contributed by atoms with Gasteiger partial charge in [0, 0.05) is 5.56 Å². The van der Waals surface area contributed by atoms with Crippen LogP contribution >= 0.6 is 15.9 Å². The molecule has 1 N–H and O–H groups in total. The number of nitrogens with zero attached hydrogens (tertiary/aromatic N) is 1. The van der Waals surface area contributed by atoms with Crippen molar-refractivity contribution in [2.24, 2.45) is 0 Å². The lowest BCUT2D eigenvalue weighted by Gasteiger charge is -2.15. The van der Waals surface area contributed by atoms with Crippen molar-refractivity contribution < 1.29 is 13.9 Å². The summed E-state index contributed by atoms with van der Waals surface area (Å²) in [6.07, 6.45) is 5.53. The molecule has 152 valence electrons. The lowest BCUT2D eigenvalue weighted by molar-refractivity contribution is 0.0939. The zero-order valence-corrected chi connectivity index (χ0v) is 18.2. The summed E-state index contributed by atoms with van der Waals surface area (Å²) in [5.41, 5.74) is 3.35. The maximum Gasteiger partial charge on any atom is 0.255 e. The minimum atomic E-state index is -1.32. The normalized spacial score (nSPS) is 11.4. The number of rotatable bonds is 6. The van der Waals surface area contributed by atoms with Gasteiger partial charge in [-0.15, -0.1) is 6.42 Å². The number of aromatic nitrogens is 1. The number of aryl methyl sites for hydroxylation is 2. The average molecular weight is 467 g/mol. The van der Waals surface area contributed by atoms with Crippen LogP contribution in [0.5, 0.6) is 11.5 Å². The zero-order chi connectivity index (χ0) is 21.7. The average Bonchev–Trinajstić information content (AvgIpc) is 2.73. The van der Waals surface area contributed by atoms with Crippen molar-refractivity contribution in [3.8, 4) is 23.8 Å². The Morgan fingerprint density at radius 2 is 2.07 bits per heavy atom. The molecule has 2 aromatic carbocycles. The Labute approximate surface area is 183 Å². The summed E-state index contributed by atoms with van der Waals surface area (Å²) in [5, 5.41) is 2.64. The number of alkyl halides is 1. The molecule has 0 aliphatic carbocycles. The number of hydrogen-bond donors (Lipinski definition) is 1. The molecular formula is C24H20BrFN2O2. The number of halogens is 2. The van der Waals surface area contributed by atoms with Gasteiger partial charge in [0.2, 0.25) is 0 Å². The van der Waals surface area contributed by atoms with E-state index in [0.29, 0.717) is 21.5 Å². The standard InChI is InChI=1S/C24H20BrFN2O2/c1-4-17-6-5-7-18(11-17)30-22-14-27-23(25)12-20(22)24(29)28-13-21(26)19-9-8-15(2)10-16(19)3/h1,5-12,14,21H,13H2,2-3H3,(H,28,29). The second kappa shape index (κ2) is 9.55. The summed E-state index contributed by atoms with van der Waals surface area (Å²) in [7, 11) is 0. The number of pyridine rings is 1. The van der Waals surface area contributed by atoms with Gasteiger partial charge < -0.3 is 10.1 Å². The summed E-state index contributed by atoms with van der Waals surface area (Å²) in [6, 6.07) is 14.0. The number of ether oxygens (including phenoxy) is 1. The van der Waals surface area contributed by atoms with Crippen molar-refractivity contribution in [2.75, 3.05) is 6.54 Å². The van der Waals surface area contributed by atoms with Gasteiger partial charge in [-0.1, -0.05) is 35.7 Å². The number of carbonyl (C=O) groups is 1. The molecule has 4 nitrogen and oxygen atoms in total. The molecule has 6 heteroatoms. The van der Waals surface area contributed by atoms with Crippen molar-refractivity contribution in [2.45, 2.75) is 20.0 Å². The van der Waals surface area contributed by atoms with Crippen LogP contribution in [-0.2, 0) is 0 Å². The van der Waals surface area contributed by atoms with Crippen LogP contribution in [0.2, 0.25) is 0 Å². The number of carbonyl (C=O) groups excluding carboxylic acids is 1. The van der Waals surface area contributed by atoms with Crippen LogP contribution in [0.4, 0.5) is 4.39 Å². The molecule has 30 heavy (non-hydrogen) atoms. The molecule has 3 rings (SSSR count). The van der Waals surface area contributed by atoms with Gasteiger partial charge in [0.1, 0.15) is 16.5 Å². The molecule has 0 saturated heterocycles. The molecule has 0 fully saturated rings. The van der Waals surface area contributed by atoms with E-state index in [1.807, 2.05) is 26.0 Å². The lowest BCUT2D eigenvalue weighted by Crippen LogP contribution is -2.27. The molecule has 1 amide bonds. The third kappa shape index (κ3) is 5.25. The molecule has 1 aromatic heterocycles.